The van der Waals surface area contributed by atoms with E-state index >= 15 is 0 Å². The van der Waals surface area contributed by atoms with Gasteiger partial charge in [0.2, 0.25) is 0 Å². The maximum absolute atomic E-state index is 9.95. The van der Waals surface area contributed by atoms with E-state index in [1.54, 1.807) is 0 Å². The van der Waals surface area contributed by atoms with E-state index in [2.05, 4.69) is 0 Å². The normalized spacial score (nSPS) is 16.9. The van der Waals surface area contributed by atoms with Gasteiger partial charge in [0.1, 0.15) is 6.10 Å². The molecule has 36 heavy (non-hydrogen) atoms. The van der Waals surface area contributed by atoms with E-state index in [0.29, 0.717) is 19.8 Å². The van der Waals surface area contributed by atoms with E-state index in [-0.39, 0.29) is 6.29 Å². The number of rotatable bonds is 24. The fourth-order valence-corrected chi connectivity index (χ4v) is 4.64. The smallest absolute Gasteiger partial charge is 0.157 e. The summed E-state index contributed by atoms with van der Waals surface area (Å²) in [6.45, 7) is 3.69. The summed E-state index contributed by atoms with van der Waals surface area (Å²) in [5, 5.41) is 9.95. The van der Waals surface area contributed by atoms with Crippen molar-refractivity contribution in [3.63, 3.8) is 0 Å². The quantitative estimate of drug-likeness (QED) is 0.146. The van der Waals surface area contributed by atoms with E-state index in [9.17, 15) is 5.11 Å². The van der Waals surface area contributed by atoms with Gasteiger partial charge in [0.05, 0.1) is 19.8 Å². The molecule has 1 N–H and O–H groups in total. The van der Waals surface area contributed by atoms with Crippen molar-refractivity contribution in [1.82, 2.24) is 0 Å². The second-order valence-electron chi connectivity index (χ2n) is 10.3. The topological polar surface area (TPSA) is 57.2 Å². The molecule has 1 aliphatic heterocycles. The molecule has 0 amide bonds. The number of unbranched alkanes of at least 4 members (excludes halogenated alkanes) is 13. The van der Waals surface area contributed by atoms with Crippen LogP contribution < -0.4 is 0 Å². The first-order valence-corrected chi connectivity index (χ1v) is 15.0. The van der Waals surface area contributed by atoms with Crippen molar-refractivity contribution in [1.29, 1.82) is 0 Å². The Morgan fingerprint density at radius 2 is 1.25 bits per heavy atom. The Hall–Kier alpha value is -0.980. The van der Waals surface area contributed by atoms with Gasteiger partial charge in [-0.2, -0.15) is 0 Å². The van der Waals surface area contributed by atoms with Crippen molar-refractivity contribution >= 4 is 0 Å². The Morgan fingerprint density at radius 3 is 1.83 bits per heavy atom. The second kappa shape index (κ2) is 23.2. The van der Waals surface area contributed by atoms with Crippen LogP contribution in [0.2, 0.25) is 0 Å². The molecule has 0 aliphatic carbocycles. The first-order valence-electron chi connectivity index (χ1n) is 15.0. The van der Waals surface area contributed by atoms with Crippen LogP contribution in [0.15, 0.2) is 30.3 Å². The van der Waals surface area contributed by atoms with Crippen molar-refractivity contribution in [2.75, 3.05) is 33.0 Å². The predicted molar refractivity (Wildman–Crippen MR) is 147 cm³/mol. The van der Waals surface area contributed by atoms with Gasteiger partial charge in [0.25, 0.3) is 0 Å². The molecule has 1 aromatic rings. The third kappa shape index (κ3) is 18.3. The van der Waals surface area contributed by atoms with Gasteiger partial charge in [0, 0.05) is 19.8 Å². The Bertz CT molecular complexity index is 576. The van der Waals surface area contributed by atoms with Crippen LogP contribution in [0.3, 0.4) is 0 Å². The highest BCUT2D eigenvalue weighted by atomic mass is 16.7. The lowest BCUT2D eigenvalue weighted by Crippen LogP contribution is -2.22. The van der Waals surface area contributed by atoms with Crippen LogP contribution in [0.1, 0.15) is 115 Å². The molecule has 1 saturated heterocycles. The maximum atomic E-state index is 9.95. The SMILES string of the molecule is OC(COCCCCCCCCCCCCCCCCOC1CCCCO1)COCc1ccccc1. The minimum Gasteiger partial charge on any atom is -0.388 e. The first-order chi connectivity index (χ1) is 17.8. The van der Waals surface area contributed by atoms with Gasteiger partial charge in [-0.3, -0.25) is 0 Å². The van der Waals surface area contributed by atoms with Crippen LogP contribution in [0.4, 0.5) is 0 Å². The zero-order chi connectivity index (χ0) is 25.4. The average Bonchev–Trinajstić information content (AvgIpc) is 2.91. The third-order valence-corrected chi connectivity index (χ3v) is 6.86. The zero-order valence-electron chi connectivity index (χ0n) is 22.9. The molecule has 5 nitrogen and oxygen atoms in total. The molecule has 1 fully saturated rings. The van der Waals surface area contributed by atoms with Crippen molar-refractivity contribution in [2.45, 2.75) is 128 Å². The number of ether oxygens (including phenoxy) is 4. The van der Waals surface area contributed by atoms with Gasteiger partial charge in [-0.25, -0.2) is 0 Å². The molecule has 5 heteroatoms. The molecule has 0 spiro atoms. The van der Waals surface area contributed by atoms with Crippen LogP contribution in [-0.4, -0.2) is 50.5 Å². The van der Waals surface area contributed by atoms with Gasteiger partial charge in [0.15, 0.2) is 6.29 Å². The fraction of sp³-hybridized carbons (Fsp3) is 0.806. The van der Waals surface area contributed by atoms with Gasteiger partial charge < -0.3 is 24.1 Å². The predicted octanol–water partition coefficient (Wildman–Crippen LogP) is 7.59. The summed E-state index contributed by atoms with van der Waals surface area (Å²) in [5.41, 5.74) is 1.12. The fourth-order valence-electron chi connectivity index (χ4n) is 4.64. The van der Waals surface area contributed by atoms with Crippen LogP contribution in [-0.2, 0) is 25.6 Å². The van der Waals surface area contributed by atoms with Crippen molar-refractivity contribution < 1.29 is 24.1 Å². The monoisotopic (exact) mass is 506 g/mol. The minimum atomic E-state index is -0.546. The number of hydrogen-bond acceptors (Lipinski definition) is 5. The Morgan fingerprint density at radius 1 is 0.694 bits per heavy atom. The highest BCUT2D eigenvalue weighted by Gasteiger charge is 2.13. The van der Waals surface area contributed by atoms with Gasteiger partial charge in [-0.15, -0.1) is 0 Å². The molecule has 2 atom stereocenters. The molecular weight excluding hydrogens is 452 g/mol. The molecule has 2 rings (SSSR count). The van der Waals surface area contributed by atoms with Crippen molar-refractivity contribution in [2.24, 2.45) is 0 Å². The van der Waals surface area contributed by atoms with E-state index < -0.39 is 6.10 Å². The van der Waals surface area contributed by atoms with E-state index in [1.807, 2.05) is 30.3 Å². The molecule has 0 saturated carbocycles. The summed E-state index contributed by atoms with van der Waals surface area (Å²) < 4.78 is 22.5. The standard InChI is InChI=1S/C31H54O5/c32-30(28-34-26-29-20-14-13-15-21-29)27-33-23-17-11-9-7-5-3-1-2-4-6-8-10-12-18-24-35-31-22-16-19-25-36-31/h13-15,20-21,30-32H,1-12,16-19,22-28H2. The minimum absolute atomic E-state index is 0.0781. The Labute approximate surface area is 221 Å². The Kier molecular flexibility index (Phi) is 20.1. The average molecular weight is 507 g/mol. The summed E-state index contributed by atoms with van der Waals surface area (Å²) >= 11 is 0. The van der Waals surface area contributed by atoms with Crippen LogP contribution in [0.25, 0.3) is 0 Å². The van der Waals surface area contributed by atoms with Crippen molar-refractivity contribution in [3.8, 4) is 0 Å². The number of aliphatic hydroxyl groups is 1. The van der Waals surface area contributed by atoms with E-state index in [0.717, 1.165) is 38.2 Å². The molecule has 1 heterocycles. The lowest BCUT2D eigenvalue weighted by Gasteiger charge is -2.22. The first kappa shape index (κ1) is 31.2. The van der Waals surface area contributed by atoms with Crippen LogP contribution >= 0.6 is 0 Å². The molecular formula is C31H54O5. The molecule has 2 unspecified atom stereocenters. The molecule has 0 aromatic heterocycles. The van der Waals surface area contributed by atoms with Gasteiger partial charge in [-0.1, -0.05) is 107 Å². The van der Waals surface area contributed by atoms with E-state index in [4.69, 9.17) is 18.9 Å². The van der Waals surface area contributed by atoms with Gasteiger partial charge in [-0.05, 0) is 37.7 Å². The van der Waals surface area contributed by atoms with Crippen LogP contribution in [0.5, 0.6) is 0 Å². The molecule has 1 aromatic carbocycles. The summed E-state index contributed by atoms with van der Waals surface area (Å²) in [4.78, 5) is 0. The summed E-state index contributed by atoms with van der Waals surface area (Å²) in [5.74, 6) is 0. The lowest BCUT2D eigenvalue weighted by molar-refractivity contribution is -0.162. The highest BCUT2D eigenvalue weighted by molar-refractivity contribution is 5.13. The number of benzene rings is 1. The highest BCUT2D eigenvalue weighted by Crippen LogP contribution is 2.15. The van der Waals surface area contributed by atoms with Crippen molar-refractivity contribution in [3.05, 3.63) is 35.9 Å². The molecule has 0 bridgehead atoms. The molecule has 1 aliphatic rings. The van der Waals surface area contributed by atoms with E-state index in [1.165, 1.54) is 96.3 Å². The van der Waals surface area contributed by atoms with Crippen LogP contribution in [0, 0.1) is 0 Å². The maximum Gasteiger partial charge on any atom is 0.157 e. The van der Waals surface area contributed by atoms with Gasteiger partial charge >= 0.3 is 0 Å². The molecule has 0 radical (unpaired) electrons. The lowest BCUT2D eigenvalue weighted by atomic mass is 10.0. The summed E-state index contributed by atoms with van der Waals surface area (Å²) in [6, 6.07) is 10.0. The summed E-state index contributed by atoms with van der Waals surface area (Å²) in [6.07, 6.45) is 21.5. The number of aliphatic hydroxyl groups excluding tert-OH is 1. The second-order valence-corrected chi connectivity index (χ2v) is 10.3. The third-order valence-electron chi connectivity index (χ3n) is 6.86. The zero-order valence-corrected chi connectivity index (χ0v) is 22.9. The summed E-state index contributed by atoms with van der Waals surface area (Å²) in [7, 11) is 0. The largest absolute Gasteiger partial charge is 0.388 e. The Balaban J connectivity index is 1.20. The number of hydrogen-bond donors (Lipinski definition) is 1. The molecule has 208 valence electrons.